The Hall–Kier alpha value is -3.51. The van der Waals surface area contributed by atoms with Crippen LogP contribution in [0.25, 0.3) is 22.2 Å². The molecule has 1 saturated carbocycles. The Kier molecular flexibility index (Phi) is 8.67. The summed E-state index contributed by atoms with van der Waals surface area (Å²) in [6.45, 7) is 1.80. The monoisotopic (exact) mass is 608 g/mol. The van der Waals surface area contributed by atoms with E-state index in [9.17, 15) is 13.7 Å². The molecule has 1 aliphatic heterocycles. The predicted octanol–water partition coefficient (Wildman–Crippen LogP) is 6.06. The van der Waals surface area contributed by atoms with Crippen molar-refractivity contribution < 1.29 is 27.6 Å². The molecule has 1 aliphatic carbocycles. The second kappa shape index (κ2) is 12.6. The summed E-state index contributed by atoms with van der Waals surface area (Å²) in [6, 6.07) is 12.1. The number of aromatic nitrogens is 2. The Morgan fingerprint density at radius 2 is 1.81 bits per heavy atom. The molecule has 4 aromatic rings. The molecule has 0 bridgehead atoms. The quantitative estimate of drug-likeness (QED) is 0.121. The average molecular weight is 609 g/mol. The minimum Gasteiger partial charge on any atom is -0.593 e. The first-order chi connectivity index (χ1) is 20.9. The molecule has 1 saturated heterocycles. The number of anilines is 2. The first kappa shape index (κ1) is 29.6. The first-order valence-corrected chi connectivity index (χ1v) is 15.7. The number of fused-ring (bicyclic) bond motifs is 1. The van der Waals surface area contributed by atoms with Crippen molar-refractivity contribution in [2.45, 2.75) is 32.0 Å². The maximum absolute atomic E-state index is 15.4. The number of H-pyrrole nitrogens is 1. The summed E-state index contributed by atoms with van der Waals surface area (Å²) in [5.41, 5.74) is 2.44. The number of hydrogen-bond acceptors (Lipinski definition) is 7. The third kappa shape index (κ3) is 6.26. The van der Waals surface area contributed by atoms with Crippen molar-refractivity contribution in [3.63, 3.8) is 0 Å². The van der Waals surface area contributed by atoms with Crippen LogP contribution in [-0.2, 0) is 20.8 Å². The summed E-state index contributed by atoms with van der Waals surface area (Å²) in [7, 11) is 3.34. The van der Waals surface area contributed by atoms with Gasteiger partial charge in [-0.05, 0) is 61.6 Å². The van der Waals surface area contributed by atoms with Crippen molar-refractivity contribution in [2.24, 2.45) is 11.8 Å². The molecule has 8 nitrogen and oxygen atoms in total. The van der Waals surface area contributed by atoms with Crippen LogP contribution >= 0.6 is 0 Å². The zero-order valence-corrected chi connectivity index (χ0v) is 24.9. The fourth-order valence-electron chi connectivity index (χ4n) is 5.76. The van der Waals surface area contributed by atoms with Crippen molar-refractivity contribution in [3.05, 3.63) is 77.6 Å². The van der Waals surface area contributed by atoms with Gasteiger partial charge in [-0.3, -0.25) is 4.79 Å². The third-order valence-electron chi connectivity index (χ3n) is 8.36. The number of halogens is 2. The Morgan fingerprint density at radius 3 is 2.49 bits per heavy atom. The number of ether oxygens (including phenoxy) is 2. The van der Waals surface area contributed by atoms with Crippen molar-refractivity contribution in [3.8, 4) is 11.1 Å². The number of rotatable bonds is 11. The van der Waals surface area contributed by atoms with E-state index in [0.29, 0.717) is 28.6 Å². The van der Waals surface area contributed by atoms with Crippen LogP contribution in [0.2, 0.25) is 0 Å². The van der Waals surface area contributed by atoms with E-state index in [0.717, 1.165) is 61.7 Å². The SMILES string of the molecule is COC(OC)C1CCN(c2ccc(-c3cnc4[nH]cc(C(=O)c5c(F)ccc(N[S+]([O-])CC6CC6)c5F)c4c3)cc2)CC1. The molecule has 1 unspecified atom stereocenters. The normalized spacial score (nSPS) is 16.7. The number of carbonyl (C=O) groups is 1. The summed E-state index contributed by atoms with van der Waals surface area (Å²) in [4.78, 5) is 23.2. The summed E-state index contributed by atoms with van der Waals surface area (Å²) in [6.07, 6.45) is 6.85. The molecule has 2 N–H and O–H groups in total. The lowest BCUT2D eigenvalue weighted by Gasteiger charge is -2.36. The van der Waals surface area contributed by atoms with Crippen LogP contribution in [0.4, 0.5) is 20.2 Å². The minimum absolute atomic E-state index is 0.100. The summed E-state index contributed by atoms with van der Waals surface area (Å²) in [5, 5.41) is 0.453. The molecule has 2 aliphatic rings. The fraction of sp³-hybridized carbons (Fsp3) is 0.375. The van der Waals surface area contributed by atoms with E-state index in [1.807, 2.05) is 12.1 Å². The van der Waals surface area contributed by atoms with Gasteiger partial charge in [-0.25, -0.2) is 18.5 Å². The molecule has 0 spiro atoms. The number of benzene rings is 2. The number of carbonyl (C=O) groups excluding carboxylic acids is 1. The van der Waals surface area contributed by atoms with E-state index in [1.165, 1.54) is 12.3 Å². The molecule has 1 atom stereocenters. The van der Waals surface area contributed by atoms with Crippen LogP contribution in [0.1, 0.15) is 41.6 Å². The van der Waals surface area contributed by atoms with Crippen LogP contribution in [0.5, 0.6) is 0 Å². The van der Waals surface area contributed by atoms with Crippen LogP contribution in [-0.4, -0.2) is 59.7 Å². The van der Waals surface area contributed by atoms with E-state index in [4.69, 9.17) is 9.47 Å². The zero-order chi connectivity index (χ0) is 30.1. The van der Waals surface area contributed by atoms with Crippen LogP contribution in [0.15, 0.2) is 54.9 Å². The maximum Gasteiger partial charge on any atom is 0.201 e. The average Bonchev–Trinajstić information content (AvgIpc) is 3.74. The molecule has 3 heterocycles. The van der Waals surface area contributed by atoms with Gasteiger partial charge in [0.25, 0.3) is 0 Å². The standard InChI is InChI=1S/C32H34F2N4O4S/c1-41-32(42-2)21-11-13-38(14-12-21)23-7-5-20(6-8-23)22-15-24-25(17-36-31(24)35-16-22)30(39)28-26(33)9-10-27(29(28)34)37-43(40)18-19-3-4-19/h5-10,15-17,19,21,32,37H,3-4,11-14,18H2,1-2H3,(H,35,36). The molecular formula is C32H34F2N4O4S. The first-order valence-electron chi connectivity index (χ1n) is 14.4. The maximum atomic E-state index is 15.4. The lowest BCUT2D eigenvalue weighted by atomic mass is 9.95. The number of ketones is 1. The lowest BCUT2D eigenvalue weighted by Crippen LogP contribution is -2.39. The molecule has 2 aromatic heterocycles. The largest absolute Gasteiger partial charge is 0.593 e. The molecule has 2 aromatic carbocycles. The van der Waals surface area contributed by atoms with Crippen LogP contribution < -0.4 is 9.62 Å². The predicted molar refractivity (Wildman–Crippen MR) is 163 cm³/mol. The van der Waals surface area contributed by atoms with E-state index < -0.39 is 34.3 Å². The van der Waals surface area contributed by atoms with Gasteiger partial charge in [-0.1, -0.05) is 12.1 Å². The molecule has 43 heavy (non-hydrogen) atoms. The highest BCUT2D eigenvalue weighted by atomic mass is 32.2. The van der Waals surface area contributed by atoms with Gasteiger partial charge >= 0.3 is 0 Å². The van der Waals surface area contributed by atoms with Gasteiger partial charge in [0, 0.05) is 73.7 Å². The van der Waals surface area contributed by atoms with Gasteiger partial charge in [0.2, 0.25) is 5.78 Å². The smallest absolute Gasteiger partial charge is 0.201 e. The molecule has 2 fully saturated rings. The summed E-state index contributed by atoms with van der Waals surface area (Å²) >= 11 is -1.52. The Labute approximate surface area is 252 Å². The van der Waals surface area contributed by atoms with E-state index >= 15 is 4.39 Å². The molecular weight excluding hydrogens is 574 g/mol. The van der Waals surface area contributed by atoms with Gasteiger partial charge in [-0.2, -0.15) is 0 Å². The molecule has 226 valence electrons. The number of pyridine rings is 1. The Balaban J connectivity index is 1.21. The number of nitrogens with one attached hydrogen (secondary N) is 2. The molecule has 6 rings (SSSR count). The number of hydrogen-bond donors (Lipinski definition) is 2. The Morgan fingerprint density at radius 1 is 1.09 bits per heavy atom. The van der Waals surface area contributed by atoms with Crippen LogP contribution in [0, 0.1) is 23.5 Å². The highest BCUT2D eigenvalue weighted by Gasteiger charge is 2.30. The van der Waals surface area contributed by atoms with Gasteiger partial charge in [-0.15, -0.1) is 0 Å². The van der Waals surface area contributed by atoms with Crippen LogP contribution in [0.3, 0.4) is 0 Å². The van der Waals surface area contributed by atoms with Gasteiger partial charge < -0.3 is 23.9 Å². The zero-order valence-electron chi connectivity index (χ0n) is 24.1. The lowest BCUT2D eigenvalue weighted by molar-refractivity contribution is -0.141. The number of nitrogens with zero attached hydrogens (tertiary/aromatic N) is 2. The molecule has 11 heteroatoms. The van der Waals surface area contributed by atoms with Gasteiger partial charge in [0.05, 0.1) is 16.9 Å². The Bertz CT molecular complexity index is 1600. The van der Waals surface area contributed by atoms with Crippen molar-refractivity contribution >= 4 is 39.6 Å². The highest BCUT2D eigenvalue weighted by molar-refractivity contribution is 7.92. The number of piperidine rings is 1. The van der Waals surface area contributed by atoms with E-state index in [2.05, 4.69) is 31.7 Å². The fourth-order valence-corrected chi connectivity index (χ4v) is 7.01. The summed E-state index contributed by atoms with van der Waals surface area (Å²) in [5.74, 6) is -1.77. The van der Waals surface area contributed by atoms with E-state index in [1.54, 1.807) is 26.5 Å². The van der Waals surface area contributed by atoms with Crippen molar-refractivity contribution in [2.75, 3.05) is 42.7 Å². The topological polar surface area (TPSA) is 103 Å². The molecule has 0 amide bonds. The molecule has 0 radical (unpaired) electrons. The number of methoxy groups -OCH3 is 2. The van der Waals surface area contributed by atoms with Crippen molar-refractivity contribution in [1.82, 2.24) is 9.97 Å². The second-order valence-corrected chi connectivity index (χ2v) is 12.4. The van der Waals surface area contributed by atoms with Gasteiger partial charge in [0.15, 0.2) is 12.1 Å². The highest BCUT2D eigenvalue weighted by Crippen LogP contribution is 2.33. The van der Waals surface area contributed by atoms with Gasteiger partial charge in [0.1, 0.15) is 22.9 Å². The summed E-state index contributed by atoms with van der Waals surface area (Å²) < 4.78 is 56.1. The number of aromatic amines is 1. The minimum atomic E-state index is -1.52. The second-order valence-electron chi connectivity index (χ2n) is 11.2. The third-order valence-corrected chi connectivity index (χ3v) is 9.58. The van der Waals surface area contributed by atoms with Crippen molar-refractivity contribution in [1.29, 1.82) is 0 Å². The van der Waals surface area contributed by atoms with E-state index in [-0.39, 0.29) is 17.5 Å².